The SMILES string of the molecule is CCC(N)CC(=O)NCC1CSCCS1. The van der Waals surface area contributed by atoms with Crippen LogP contribution in [0.5, 0.6) is 0 Å². The number of carbonyl (C=O) groups excluding carboxylic acids is 1. The largest absolute Gasteiger partial charge is 0.355 e. The number of hydrogen-bond donors (Lipinski definition) is 2. The van der Waals surface area contributed by atoms with Gasteiger partial charge >= 0.3 is 0 Å². The number of rotatable bonds is 5. The van der Waals surface area contributed by atoms with Gasteiger partial charge in [0.1, 0.15) is 0 Å². The summed E-state index contributed by atoms with van der Waals surface area (Å²) in [4.78, 5) is 11.4. The Morgan fingerprint density at radius 2 is 2.40 bits per heavy atom. The van der Waals surface area contributed by atoms with Crippen LogP contribution in [0.3, 0.4) is 0 Å². The summed E-state index contributed by atoms with van der Waals surface area (Å²) in [7, 11) is 0. The van der Waals surface area contributed by atoms with Gasteiger partial charge in [-0.05, 0) is 6.42 Å². The Morgan fingerprint density at radius 3 is 3.00 bits per heavy atom. The molecule has 1 amide bonds. The van der Waals surface area contributed by atoms with Crippen LogP contribution in [0.25, 0.3) is 0 Å². The lowest BCUT2D eigenvalue weighted by atomic mass is 10.1. The third-order valence-corrected chi connectivity index (χ3v) is 5.23. The van der Waals surface area contributed by atoms with Crippen LogP contribution in [0.4, 0.5) is 0 Å². The monoisotopic (exact) mass is 248 g/mol. The average Bonchev–Trinajstić information content (AvgIpc) is 2.27. The molecule has 3 nitrogen and oxygen atoms in total. The van der Waals surface area contributed by atoms with Gasteiger partial charge in [-0.2, -0.15) is 23.5 Å². The Hall–Kier alpha value is 0.130. The molecule has 0 saturated carbocycles. The Morgan fingerprint density at radius 1 is 1.60 bits per heavy atom. The van der Waals surface area contributed by atoms with Crippen molar-refractivity contribution in [2.75, 3.05) is 23.8 Å². The predicted octanol–water partition coefficient (Wildman–Crippen LogP) is 1.08. The van der Waals surface area contributed by atoms with Crippen LogP contribution in [0.2, 0.25) is 0 Å². The molecule has 2 unspecified atom stereocenters. The summed E-state index contributed by atoms with van der Waals surface area (Å²) >= 11 is 3.94. The fourth-order valence-corrected chi connectivity index (χ4v) is 3.95. The maximum absolute atomic E-state index is 11.4. The molecule has 1 saturated heterocycles. The van der Waals surface area contributed by atoms with Gasteiger partial charge in [0.05, 0.1) is 0 Å². The number of carbonyl (C=O) groups is 1. The van der Waals surface area contributed by atoms with Crippen molar-refractivity contribution in [2.24, 2.45) is 5.73 Å². The first-order valence-corrected chi connectivity index (χ1v) is 7.64. The summed E-state index contributed by atoms with van der Waals surface area (Å²) in [6.45, 7) is 2.80. The van der Waals surface area contributed by atoms with E-state index in [1.165, 1.54) is 11.5 Å². The van der Waals surface area contributed by atoms with Crippen LogP contribution in [0, 0.1) is 0 Å². The van der Waals surface area contributed by atoms with Crippen LogP contribution in [0.15, 0.2) is 0 Å². The molecule has 1 rings (SSSR count). The molecule has 0 bridgehead atoms. The van der Waals surface area contributed by atoms with Gasteiger partial charge in [0.15, 0.2) is 0 Å². The highest BCUT2D eigenvalue weighted by molar-refractivity contribution is 8.06. The van der Waals surface area contributed by atoms with Crippen molar-refractivity contribution in [1.29, 1.82) is 0 Å². The predicted molar refractivity (Wildman–Crippen MR) is 69.5 cm³/mol. The van der Waals surface area contributed by atoms with Crippen molar-refractivity contribution in [1.82, 2.24) is 5.32 Å². The summed E-state index contributed by atoms with van der Waals surface area (Å²) in [5.41, 5.74) is 5.71. The molecule has 0 aromatic carbocycles. The van der Waals surface area contributed by atoms with Gasteiger partial charge in [-0.1, -0.05) is 6.92 Å². The van der Waals surface area contributed by atoms with Gasteiger partial charge in [0.2, 0.25) is 5.91 Å². The molecule has 2 atom stereocenters. The zero-order valence-corrected chi connectivity index (χ0v) is 10.8. The van der Waals surface area contributed by atoms with Gasteiger partial charge in [-0.3, -0.25) is 4.79 Å². The molecule has 1 fully saturated rings. The van der Waals surface area contributed by atoms with E-state index in [9.17, 15) is 4.79 Å². The first kappa shape index (κ1) is 13.2. The summed E-state index contributed by atoms with van der Waals surface area (Å²) in [5, 5.41) is 3.55. The fourth-order valence-electron chi connectivity index (χ4n) is 1.34. The molecule has 3 N–H and O–H groups in total. The molecule has 88 valence electrons. The van der Waals surface area contributed by atoms with Crippen LogP contribution < -0.4 is 11.1 Å². The fraction of sp³-hybridized carbons (Fsp3) is 0.900. The van der Waals surface area contributed by atoms with E-state index in [1.807, 2.05) is 30.4 Å². The van der Waals surface area contributed by atoms with Crippen LogP contribution in [0.1, 0.15) is 19.8 Å². The van der Waals surface area contributed by atoms with Crippen molar-refractivity contribution in [2.45, 2.75) is 31.1 Å². The van der Waals surface area contributed by atoms with Gasteiger partial charge in [-0.15, -0.1) is 0 Å². The lowest BCUT2D eigenvalue weighted by molar-refractivity contribution is -0.121. The van der Waals surface area contributed by atoms with Crippen molar-refractivity contribution in [3.63, 3.8) is 0 Å². The molecule has 0 spiro atoms. The molecule has 0 radical (unpaired) electrons. The highest BCUT2D eigenvalue weighted by atomic mass is 32.2. The van der Waals surface area contributed by atoms with E-state index in [-0.39, 0.29) is 11.9 Å². The highest BCUT2D eigenvalue weighted by Gasteiger charge is 2.15. The Bertz CT molecular complexity index is 196. The second-order valence-electron chi connectivity index (χ2n) is 3.74. The van der Waals surface area contributed by atoms with Crippen LogP contribution in [-0.4, -0.2) is 41.0 Å². The maximum atomic E-state index is 11.4. The van der Waals surface area contributed by atoms with Gasteiger partial charge < -0.3 is 11.1 Å². The Labute approximate surface area is 100 Å². The van der Waals surface area contributed by atoms with Crippen molar-refractivity contribution in [3.05, 3.63) is 0 Å². The number of hydrogen-bond acceptors (Lipinski definition) is 4. The molecule has 5 heteroatoms. The second kappa shape index (κ2) is 7.41. The van der Waals surface area contributed by atoms with Crippen molar-refractivity contribution in [3.8, 4) is 0 Å². The summed E-state index contributed by atoms with van der Waals surface area (Å²) < 4.78 is 0. The molecular formula is C10H20N2OS2. The Kier molecular flexibility index (Phi) is 6.52. The minimum absolute atomic E-state index is 0.0124. The third-order valence-electron chi connectivity index (χ3n) is 2.38. The first-order valence-electron chi connectivity index (χ1n) is 5.44. The third kappa shape index (κ3) is 5.68. The molecule has 1 aliphatic heterocycles. The van der Waals surface area contributed by atoms with E-state index in [4.69, 9.17) is 5.73 Å². The average molecular weight is 248 g/mol. The van der Waals surface area contributed by atoms with E-state index >= 15 is 0 Å². The Balaban J connectivity index is 2.10. The summed E-state index contributed by atoms with van der Waals surface area (Å²) in [6, 6.07) is 0.0124. The quantitative estimate of drug-likeness (QED) is 0.764. The lowest BCUT2D eigenvalue weighted by Crippen LogP contribution is -2.36. The van der Waals surface area contributed by atoms with Crippen LogP contribution in [-0.2, 0) is 4.79 Å². The standard InChI is InChI=1S/C10H20N2OS2/c1-2-8(11)5-10(13)12-6-9-7-14-3-4-15-9/h8-9H,2-7,11H2,1H3,(H,12,13). The van der Waals surface area contributed by atoms with E-state index < -0.39 is 0 Å². The number of thioether (sulfide) groups is 2. The molecular weight excluding hydrogens is 228 g/mol. The molecule has 15 heavy (non-hydrogen) atoms. The molecule has 0 aromatic heterocycles. The van der Waals surface area contributed by atoms with Crippen molar-refractivity contribution < 1.29 is 4.79 Å². The highest BCUT2D eigenvalue weighted by Crippen LogP contribution is 2.23. The van der Waals surface area contributed by atoms with E-state index in [2.05, 4.69) is 5.32 Å². The number of amides is 1. The topological polar surface area (TPSA) is 55.1 Å². The van der Waals surface area contributed by atoms with E-state index in [1.54, 1.807) is 0 Å². The summed E-state index contributed by atoms with van der Waals surface area (Å²) in [6.07, 6.45) is 1.32. The molecule has 1 aliphatic rings. The minimum Gasteiger partial charge on any atom is -0.355 e. The molecule has 1 heterocycles. The number of nitrogens with two attached hydrogens (primary N) is 1. The van der Waals surface area contributed by atoms with Gasteiger partial charge in [0.25, 0.3) is 0 Å². The lowest BCUT2D eigenvalue weighted by Gasteiger charge is -2.21. The zero-order chi connectivity index (χ0) is 11.1. The summed E-state index contributed by atoms with van der Waals surface area (Å²) in [5.74, 6) is 3.71. The minimum atomic E-state index is 0.0124. The number of nitrogens with one attached hydrogen (secondary N) is 1. The van der Waals surface area contributed by atoms with Crippen LogP contribution >= 0.6 is 23.5 Å². The normalized spacial score (nSPS) is 23.5. The zero-order valence-electron chi connectivity index (χ0n) is 9.20. The van der Waals surface area contributed by atoms with Gasteiger partial charge in [-0.25, -0.2) is 0 Å². The smallest absolute Gasteiger partial charge is 0.221 e. The second-order valence-corrected chi connectivity index (χ2v) is 6.30. The molecule has 0 aromatic rings. The molecule has 0 aliphatic carbocycles. The van der Waals surface area contributed by atoms with E-state index in [0.717, 1.165) is 18.7 Å². The maximum Gasteiger partial charge on any atom is 0.221 e. The van der Waals surface area contributed by atoms with E-state index in [0.29, 0.717) is 11.7 Å². The van der Waals surface area contributed by atoms with Gasteiger partial charge in [0, 0.05) is 41.5 Å². The first-order chi connectivity index (χ1) is 7.22. The van der Waals surface area contributed by atoms with Crippen molar-refractivity contribution >= 4 is 29.4 Å².